The molecular formula is C21H28N2O5. The minimum atomic E-state index is -0.823. The van der Waals surface area contributed by atoms with Gasteiger partial charge in [0.1, 0.15) is 29.9 Å². The molecule has 0 saturated carbocycles. The molecule has 2 unspecified atom stereocenters. The Hall–Kier alpha value is -2.77. The van der Waals surface area contributed by atoms with Crippen LogP contribution in [0.2, 0.25) is 0 Å². The van der Waals surface area contributed by atoms with E-state index in [-0.39, 0.29) is 5.91 Å². The lowest BCUT2D eigenvalue weighted by molar-refractivity contribution is -0.125. The zero-order valence-corrected chi connectivity index (χ0v) is 16.7. The molecule has 0 aliphatic carbocycles. The van der Waals surface area contributed by atoms with Gasteiger partial charge in [-0.25, -0.2) is 0 Å². The van der Waals surface area contributed by atoms with Crippen LogP contribution in [0.4, 0.5) is 0 Å². The van der Waals surface area contributed by atoms with Crippen molar-refractivity contribution in [3.05, 3.63) is 53.6 Å². The molecule has 0 fully saturated rings. The third-order valence-electron chi connectivity index (χ3n) is 4.32. The number of methoxy groups -OCH3 is 2. The zero-order valence-electron chi connectivity index (χ0n) is 16.7. The molecule has 2 aromatic rings. The summed E-state index contributed by atoms with van der Waals surface area (Å²) in [5.74, 6) is 1.81. The molecule has 0 heterocycles. The third kappa shape index (κ3) is 5.87. The summed E-state index contributed by atoms with van der Waals surface area (Å²) in [5.41, 5.74) is 1.85. The highest BCUT2D eigenvalue weighted by Crippen LogP contribution is 2.26. The molecule has 28 heavy (non-hydrogen) atoms. The van der Waals surface area contributed by atoms with Gasteiger partial charge in [-0.2, -0.15) is 0 Å². The Labute approximate surface area is 165 Å². The fraction of sp³-hybridized carbons (Fsp3) is 0.381. The summed E-state index contributed by atoms with van der Waals surface area (Å²) in [6, 6.07) is 12.5. The van der Waals surface area contributed by atoms with Crippen LogP contribution in [-0.4, -0.2) is 44.4 Å². The molecule has 0 spiro atoms. The highest BCUT2D eigenvalue weighted by molar-refractivity contribution is 5.82. The topological polar surface area (TPSA) is 89.1 Å². The third-order valence-corrected chi connectivity index (χ3v) is 4.32. The van der Waals surface area contributed by atoms with Crippen molar-refractivity contribution in [1.82, 2.24) is 10.6 Å². The van der Waals surface area contributed by atoms with Gasteiger partial charge in [-0.15, -0.1) is 0 Å². The molecule has 152 valence electrons. The molecule has 0 aliphatic heterocycles. The van der Waals surface area contributed by atoms with Crippen LogP contribution in [0.1, 0.15) is 18.1 Å². The van der Waals surface area contributed by atoms with Gasteiger partial charge in [0.05, 0.1) is 20.3 Å². The predicted molar refractivity (Wildman–Crippen MR) is 107 cm³/mol. The van der Waals surface area contributed by atoms with Gasteiger partial charge in [0.2, 0.25) is 5.91 Å². The van der Waals surface area contributed by atoms with Crippen molar-refractivity contribution in [2.24, 2.45) is 0 Å². The highest BCUT2D eigenvalue weighted by Gasteiger charge is 2.22. The van der Waals surface area contributed by atoms with Crippen molar-refractivity contribution >= 4 is 5.91 Å². The van der Waals surface area contributed by atoms with Gasteiger partial charge >= 0.3 is 0 Å². The van der Waals surface area contributed by atoms with Gasteiger partial charge < -0.3 is 24.6 Å². The van der Waals surface area contributed by atoms with Crippen LogP contribution < -0.4 is 24.8 Å². The smallest absolute Gasteiger partial charge is 0.239 e. The number of nitrogens with one attached hydrogen (secondary N) is 2. The molecule has 0 bridgehead atoms. The Kier molecular flexibility index (Phi) is 8.10. The van der Waals surface area contributed by atoms with Crippen LogP contribution >= 0.6 is 0 Å². The fourth-order valence-electron chi connectivity index (χ4n) is 2.75. The number of hydrogen-bond donors (Lipinski definition) is 3. The Morgan fingerprint density at radius 1 is 1.11 bits per heavy atom. The lowest BCUT2D eigenvalue weighted by Gasteiger charge is -2.20. The van der Waals surface area contributed by atoms with E-state index in [0.717, 1.165) is 16.9 Å². The quantitative estimate of drug-likeness (QED) is 0.576. The molecule has 2 aromatic carbocycles. The first-order valence-electron chi connectivity index (χ1n) is 9.04. The first-order valence-corrected chi connectivity index (χ1v) is 9.04. The summed E-state index contributed by atoms with van der Waals surface area (Å²) in [6.45, 7) is 2.33. The van der Waals surface area contributed by atoms with Gasteiger partial charge in [-0.3, -0.25) is 10.1 Å². The fourth-order valence-corrected chi connectivity index (χ4v) is 2.75. The largest absolute Gasteiger partial charge is 0.497 e. The number of carbonyl (C=O) groups excluding carboxylic acids is 1. The molecule has 3 N–H and O–H groups in total. The number of aliphatic hydroxyl groups excluding tert-OH is 1. The van der Waals surface area contributed by atoms with Crippen molar-refractivity contribution in [2.45, 2.75) is 32.2 Å². The number of aliphatic hydroxyl groups is 1. The second-order valence-electron chi connectivity index (χ2n) is 6.33. The summed E-state index contributed by atoms with van der Waals surface area (Å²) in [4.78, 5) is 11.9. The number of amides is 1. The molecule has 0 saturated heterocycles. The molecular weight excluding hydrogens is 360 g/mol. The monoisotopic (exact) mass is 388 g/mol. The maximum absolute atomic E-state index is 11.9. The van der Waals surface area contributed by atoms with E-state index in [1.165, 1.54) is 7.05 Å². The molecule has 1 amide bonds. The summed E-state index contributed by atoms with van der Waals surface area (Å²) >= 11 is 0. The van der Waals surface area contributed by atoms with Gasteiger partial charge in [-0.1, -0.05) is 18.2 Å². The van der Waals surface area contributed by atoms with Gasteiger partial charge in [0.15, 0.2) is 0 Å². The first kappa shape index (κ1) is 21.5. The van der Waals surface area contributed by atoms with E-state index in [1.807, 2.05) is 36.4 Å². The normalized spacial score (nSPS) is 12.8. The Morgan fingerprint density at radius 2 is 1.89 bits per heavy atom. The average molecular weight is 388 g/mol. The Balaban J connectivity index is 2.03. The molecule has 7 heteroatoms. The predicted octanol–water partition coefficient (Wildman–Crippen LogP) is 1.87. The van der Waals surface area contributed by atoms with E-state index < -0.39 is 12.1 Å². The Morgan fingerprint density at radius 3 is 2.54 bits per heavy atom. The van der Waals surface area contributed by atoms with Crippen LogP contribution in [0.3, 0.4) is 0 Å². The van der Waals surface area contributed by atoms with E-state index in [1.54, 1.807) is 27.2 Å². The van der Waals surface area contributed by atoms with Crippen molar-refractivity contribution in [1.29, 1.82) is 0 Å². The van der Waals surface area contributed by atoms with E-state index >= 15 is 0 Å². The maximum atomic E-state index is 11.9. The summed E-state index contributed by atoms with van der Waals surface area (Å²) < 4.78 is 16.5. The van der Waals surface area contributed by atoms with Crippen LogP contribution in [0, 0.1) is 0 Å². The van der Waals surface area contributed by atoms with Crippen molar-refractivity contribution < 1.29 is 24.1 Å². The van der Waals surface area contributed by atoms with Crippen LogP contribution in [0.15, 0.2) is 42.5 Å². The summed E-state index contributed by atoms with van der Waals surface area (Å²) in [5, 5.41) is 15.4. The van der Waals surface area contributed by atoms with E-state index in [9.17, 15) is 9.90 Å². The highest BCUT2D eigenvalue weighted by atomic mass is 16.5. The summed E-state index contributed by atoms with van der Waals surface area (Å²) in [6.07, 6.45) is -0.823. The standard InChI is InChI=1S/C21H28N2O5/c1-14(24)20(21(25)22-2)23-12-16-8-9-18(11-19(16)27-4)28-13-15-6-5-7-17(10-15)26-3/h5-11,14,20,23-24H,12-13H2,1-4H3,(H,22,25). The molecule has 2 rings (SSSR count). The lowest BCUT2D eigenvalue weighted by Crippen LogP contribution is -2.49. The first-order chi connectivity index (χ1) is 13.5. The summed E-state index contributed by atoms with van der Waals surface area (Å²) in [7, 11) is 4.74. The van der Waals surface area contributed by atoms with Crippen LogP contribution in [0.25, 0.3) is 0 Å². The molecule has 0 aliphatic rings. The number of likely N-dealkylation sites (N-methyl/N-ethyl adjacent to an activating group) is 1. The van der Waals surface area contributed by atoms with Crippen molar-refractivity contribution in [3.8, 4) is 17.2 Å². The second-order valence-corrected chi connectivity index (χ2v) is 6.33. The SMILES string of the molecule is CNC(=O)C(NCc1ccc(OCc2cccc(OC)c2)cc1OC)C(C)O. The number of rotatable bonds is 10. The average Bonchev–Trinajstić information content (AvgIpc) is 2.72. The van der Waals surface area contributed by atoms with E-state index in [4.69, 9.17) is 14.2 Å². The molecule has 0 radical (unpaired) electrons. The Bertz CT molecular complexity index is 779. The van der Waals surface area contributed by atoms with Gasteiger partial charge in [0.25, 0.3) is 0 Å². The number of benzene rings is 2. The van der Waals surface area contributed by atoms with E-state index in [0.29, 0.717) is 24.7 Å². The van der Waals surface area contributed by atoms with E-state index in [2.05, 4.69) is 10.6 Å². The zero-order chi connectivity index (χ0) is 20.5. The van der Waals surface area contributed by atoms with Gasteiger partial charge in [-0.05, 0) is 30.7 Å². The minimum Gasteiger partial charge on any atom is -0.497 e. The van der Waals surface area contributed by atoms with Crippen LogP contribution in [0.5, 0.6) is 17.2 Å². The van der Waals surface area contributed by atoms with Crippen molar-refractivity contribution in [3.63, 3.8) is 0 Å². The molecule has 2 atom stereocenters. The second kappa shape index (κ2) is 10.5. The lowest BCUT2D eigenvalue weighted by atomic mass is 10.1. The molecule has 7 nitrogen and oxygen atoms in total. The maximum Gasteiger partial charge on any atom is 0.239 e. The van der Waals surface area contributed by atoms with Gasteiger partial charge in [0, 0.05) is 25.2 Å². The van der Waals surface area contributed by atoms with Crippen molar-refractivity contribution in [2.75, 3.05) is 21.3 Å². The minimum absolute atomic E-state index is 0.271. The number of ether oxygens (including phenoxy) is 3. The number of hydrogen-bond acceptors (Lipinski definition) is 6. The van der Waals surface area contributed by atoms with Crippen LogP contribution in [-0.2, 0) is 17.9 Å². The molecule has 0 aromatic heterocycles. The number of carbonyl (C=O) groups is 1.